The first kappa shape index (κ1) is 22.5. The van der Waals surface area contributed by atoms with Crippen LogP contribution in [0.4, 0.5) is 0 Å². The molecule has 3 aromatic rings. The molecule has 2 nitrogen and oxygen atoms in total. The average molecular weight is 445 g/mol. The van der Waals surface area contributed by atoms with Crippen molar-refractivity contribution in [2.75, 3.05) is 12.3 Å². The Morgan fingerprint density at radius 1 is 0.781 bits per heavy atom. The summed E-state index contributed by atoms with van der Waals surface area (Å²) in [5.74, 6) is -0.236. The molecule has 0 bridgehead atoms. The second-order valence-corrected chi connectivity index (χ2v) is 15.2. The van der Waals surface area contributed by atoms with Gasteiger partial charge in [0, 0.05) is 0 Å². The maximum atomic E-state index is 12.8. The SMILES string of the molecule is CC(C)(C)OC(=O)/C=C1\CCCP(c2ccccc2)(c2ccccc2)(c2ccccc2)C1. The van der Waals surface area contributed by atoms with Gasteiger partial charge < -0.3 is 0 Å². The van der Waals surface area contributed by atoms with Gasteiger partial charge in [-0.05, 0) is 0 Å². The molecule has 0 aromatic heterocycles. The second kappa shape index (κ2) is 8.68. The van der Waals surface area contributed by atoms with Crippen LogP contribution in [0.15, 0.2) is 103 Å². The van der Waals surface area contributed by atoms with Gasteiger partial charge in [-0.1, -0.05) is 0 Å². The van der Waals surface area contributed by atoms with E-state index in [2.05, 4.69) is 91.0 Å². The number of hydrogen-bond acceptors (Lipinski definition) is 2. The van der Waals surface area contributed by atoms with E-state index in [1.165, 1.54) is 21.5 Å². The van der Waals surface area contributed by atoms with Gasteiger partial charge in [0.1, 0.15) is 0 Å². The van der Waals surface area contributed by atoms with Crippen LogP contribution < -0.4 is 15.9 Å². The zero-order chi connectivity index (χ0) is 22.7. The van der Waals surface area contributed by atoms with Crippen LogP contribution in [0.2, 0.25) is 0 Å². The van der Waals surface area contributed by atoms with E-state index >= 15 is 0 Å². The third kappa shape index (κ3) is 4.05. The molecule has 0 unspecified atom stereocenters. The summed E-state index contributed by atoms with van der Waals surface area (Å²) < 4.78 is 5.66. The number of benzene rings is 3. The number of allylic oxidation sites excluding steroid dienone is 1. The molecule has 0 radical (unpaired) electrons. The monoisotopic (exact) mass is 444 g/mol. The van der Waals surface area contributed by atoms with Crippen LogP contribution in [0.25, 0.3) is 0 Å². The van der Waals surface area contributed by atoms with Crippen molar-refractivity contribution >= 4 is 28.5 Å². The molecule has 0 spiro atoms. The quantitative estimate of drug-likeness (QED) is 0.298. The van der Waals surface area contributed by atoms with Gasteiger partial charge in [-0.25, -0.2) is 0 Å². The Labute approximate surface area is 192 Å². The summed E-state index contributed by atoms with van der Waals surface area (Å²) in [5, 5.41) is 4.18. The Morgan fingerprint density at radius 3 is 1.62 bits per heavy atom. The van der Waals surface area contributed by atoms with Crippen molar-refractivity contribution in [1.29, 1.82) is 0 Å². The normalized spacial score (nSPS) is 20.1. The fraction of sp³-hybridized carbons (Fsp3) is 0.276. The molecule has 4 rings (SSSR count). The van der Waals surface area contributed by atoms with E-state index < -0.39 is 12.2 Å². The zero-order valence-corrected chi connectivity index (χ0v) is 20.2. The number of ether oxygens (including phenoxy) is 1. The van der Waals surface area contributed by atoms with Crippen molar-refractivity contribution in [3.63, 3.8) is 0 Å². The standard InChI is InChI=1S/C29H33O2P/c1-29(2,3)31-28(30)22-24-14-13-21-32(23-24,25-15-7-4-8-16-25,26-17-9-5-10-18-26)27-19-11-6-12-20-27/h4-12,15-20,22H,13-14,21,23H2,1-3H3/b24-22+. The van der Waals surface area contributed by atoms with Gasteiger partial charge in [0.15, 0.2) is 0 Å². The van der Waals surface area contributed by atoms with Gasteiger partial charge in [0.05, 0.1) is 0 Å². The van der Waals surface area contributed by atoms with Crippen LogP contribution in [-0.2, 0) is 9.53 Å². The van der Waals surface area contributed by atoms with Gasteiger partial charge in [0.2, 0.25) is 0 Å². The Morgan fingerprint density at radius 2 is 1.22 bits per heavy atom. The van der Waals surface area contributed by atoms with Crippen LogP contribution >= 0.6 is 6.60 Å². The van der Waals surface area contributed by atoms with E-state index in [-0.39, 0.29) is 5.97 Å². The molecular weight excluding hydrogens is 411 g/mol. The van der Waals surface area contributed by atoms with E-state index in [9.17, 15) is 4.79 Å². The van der Waals surface area contributed by atoms with Crippen LogP contribution in [0.5, 0.6) is 0 Å². The summed E-state index contributed by atoms with van der Waals surface area (Å²) in [5.41, 5.74) is 0.701. The minimum atomic E-state index is -2.84. The molecule has 3 heteroatoms. The molecule has 0 atom stereocenters. The molecule has 0 saturated carbocycles. The number of rotatable bonds is 4. The third-order valence-electron chi connectivity index (χ3n) is 6.57. The first-order valence-electron chi connectivity index (χ1n) is 11.4. The molecule has 1 aliphatic heterocycles. The van der Waals surface area contributed by atoms with Crippen LogP contribution in [-0.4, -0.2) is 23.9 Å². The van der Waals surface area contributed by atoms with Crippen molar-refractivity contribution < 1.29 is 9.53 Å². The average Bonchev–Trinajstić information content (AvgIpc) is 2.80. The van der Waals surface area contributed by atoms with Crippen molar-refractivity contribution in [1.82, 2.24) is 0 Å². The first-order chi connectivity index (χ1) is 15.3. The van der Waals surface area contributed by atoms with Crippen molar-refractivity contribution in [3.8, 4) is 0 Å². The van der Waals surface area contributed by atoms with E-state index in [1.807, 2.05) is 20.8 Å². The predicted octanol–water partition coefficient (Wildman–Crippen LogP) is 5.58. The number of carbonyl (C=O) groups is 1. The van der Waals surface area contributed by atoms with Crippen molar-refractivity contribution in [3.05, 3.63) is 103 Å². The molecule has 1 fully saturated rings. The Balaban J connectivity index is 1.98. The fourth-order valence-corrected chi connectivity index (χ4v) is 12.4. The summed E-state index contributed by atoms with van der Waals surface area (Å²) in [4.78, 5) is 12.8. The summed E-state index contributed by atoms with van der Waals surface area (Å²) in [6.07, 6.45) is 5.74. The van der Waals surface area contributed by atoms with Gasteiger partial charge >= 0.3 is 192 Å². The number of hydrogen-bond donors (Lipinski definition) is 0. The summed E-state index contributed by atoms with van der Waals surface area (Å²) in [6, 6.07) is 33.0. The van der Waals surface area contributed by atoms with Crippen molar-refractivity contribution in [2.45, 2.75) is 39.2 Å². The molecule has 32 heavy (non-hydrogen) atoms. The fourth-order valence-electron chi connectivity index (χ4n) is 5.35. The first-order valence-corrected chi connectivity index (χ1v) is 14.0. The Hall–Kier alpha value is -2.70. The van der Waals surface area contributed by atoms with E-state index in [0.29, 0.717) is 0 Å². The van der Waals surface area contributed by atoms with Gasteiger partial charge in [-0.3, -0.25) is 0 Å². The van der Waals surface area contributed by atoms with Crippen LogP contribution in [0, 0.1) is 0 Å². The maximum absolute atomic E-state index is 12.8. The van der Waals surface area contributed by atoms with Crippen molar-refractivity contribution in [2.24, 2.45) is 0 Å². The topological polar surface area (TPSA) is 26.3 Å². The van der Waals surface area contributed by atoms with Gasteiger partial charge in [-0.15, -0.1) is 0 Å². The molecule has 1 saturated heterocycles. The Kier molecular flexibility index (Phi) is 6.10. The zero-order valence-electron chi connectivity index (χ0n) is 19.3. The molecule has 1 aliphatic rings. The summed E-state index contributed by atoms with van der Waals surface area (Å²) in [6.45, 7) is 2.91. The third-order valence-corrected chi connectivity index (χ3v) is 13.6. The number of esters is 1. The second-order valence-electron chi connectivity index (χ2n) is 9.84. The van der Waals surface area contributed by atoms with E-state index in [1.54, 1.807) is 6.08 Å². The van der Waals surface area contributed by atoms with E-state index in [4.69, 9.17) is 4.74 Å². The predicted molar refractivity (Wildman–Crippen MR) is 138 cm³/mol. The van der Waals surface area contributed by atoms with Crippen LogP contribution in [0.1, 0.15) is 33.6 Å². The molecule has 166 valence electrons. The van der Waals surface area contributed by atoms with Crippen LogP contribution in [0.3, 0.4) is 0 Å². The molecule has 0 N–H and O–H groups in total. The molecule has 0 amide bonds. The Bertz CT molecular complexity index is 997. The summed E-state index contributed by atoms with van der Waals surface area (Å²) in [7, 11) is 0. The van der Waals surface area contributed by atoms with Gasteiger partial charge in [-0.2, -0.15) is 0 Å². The number of carbonyl (C=O) groups excluding carboxylic acids is 1. The summed E-state index contributed by atoms with van der Waals surface area (Å²) >= 11 is 0. The molecular formula is C29H33O2P. The molecule has 3 aromatic carbocycles. The van der Waals surface area contributed by atoms with E-state index in [0.717, 1.165) is 25.2 Å². The van der Waals surface area contributed by atoms with Gasteiger partial charge in [0.25, 0.3) is 0 Å². The minimum absolute atomic E-state index is 0.236. The molecule has 1 heterocycles. The molecule has 0 aliphatic carbocycles.